The number of carbonyl (C=O) groups is 2. The van der Waals surface area contributed by atoms with Gasteiger partial charge in [0.15, 0.2) is 0 Å². The first-order valence-corrected chi connectivity index (χ1v) is 17.0. The molecule has 0 rings (SSSR count). The van der Waals surface area contributed by atoms with Gasteiger partial charge < -0.3 is 31.9 Å². The molecular formula is C32H68N6O2. The lowest BCUT2D eigenvalue weighted by Gasteiger charge is -2.23. The van der Waals surface area contributed by atoms with E-state index in [0.29, 0.717) is 25.3 Å². The van der Waals surface area contributed by atoms with Crippen LogP contribution in [0, 0.1) is 0 Å². The molecule has 0 aromatic rings. The van der Waals surface area contributed by atoms with Gasteiger partial charge in [-0.3, -0.25) is 9.59 Å². The fraction of sp³-hybridized carbons (Fsp3) is 0.938. The van der Waals surface area contributed by atoms with Crippen LogP contribution in [0.2, 0.25) is 0 Å². The van der Waals surface area contributed by atoms with E-state index in [2.05, 4.69) is 40.0 Å². The van der Waals surface area contributed by atoms with Crippen LogP contribution >= 0.6 is 0 Å². The molecule has 0 atom stereocenters. The van der Waals surface area contributed by atoms with Crippen LogP contribution < -0.4 is 27.0 Å². The molecule has 8 nitrogen and oxygen atoms in total. The van der Waals surface area contributed by atoms with Crippen molar-refractivity contribution in [3.05, 3.63) is 0 Å². The van der Waals surface area contributed by atoms with E-state index in [1.165, 1.54) is 89.9 Å². The average Bonchev–Trinajstić information content (AvgIpc) is 2.94. The third kappa shape index (κ3) is 29.8. The zero-order valence-electron chi connectivity index (χ0n) is 26.6. The number of nitrogens with zero attached hydrogens (tertiary/aromatic N) is 1. The number of hydrogen-bond acceptors (Lipinski definition) is 6. The number of nitrogens with two attached hydrogens (primary N) is 1. The number of primary amides is 1. The molecule has 6 N–H and O–H groups in total. The second-order valence-electron chi connectivity index (χ2n) is 11.3. The minimum absolute atomic E-state index is 0.266. The third-order valence-electron chi connectivity index (χ3n) is 7.42. The van der Waals surface area contributed by atoms with E-state index in [4.69, 9.17) is 5.73 Å². The predicted molar refractivity (Wildman–Crippen MR) is 172 cm³/mol. The molecule has 40 heavy (non-hydrogen) atoms. The molecule has 0 fully saturated rings. The smallest absolute Gasteiger partial charge is 0.223 e. The molecular weight excluding hydrogens is 500 g/mol. The minimum atomic E-state index is -0.266. The largest absolute Gasteiger partial charge is 0.370 e. The topological polar surface area (TPSA) is 112 Å². The summed E-state index contributed by atoms with van der Waals surface area (Å²) in [6, 6.07) is 0. The molecule has 0 aliphatic rings. The summed E-state index contributed by atoms with van der Waals surface area (Å²) in [7, 11) is 0. The lowest BCUT2D eigenvalue weighted by Crippen LogP contribution is -2.37. The second-order valence-corrected chi connectivity index (χ2v) is 11.3. The number of unbranched alkanes of at least 4 members (excludes halogenated alkanes) is 14. The van der Waals surface area contributed by atoms with E-state index < -0.39 is 0 Å². The van der Waals surface area contributed by atoms with Gasteiger partial charge in [0.05, 0.1) is 0 Å². The highest BCUT2D eigenvalue weighted by Crippen LogP contribution is 2.12. The van der Waals surface area contributed by atoms with Gasteiger partial charge >= 0.3 is 0 Å². The molecule has 0 radical (unpaired) electrons. The molecule has 0 aromatic carbocycles. The number of rotatable bonds is 33. The SMILES string of the molecule is CCCCCCCCCCN(CCCCCCCCCC)C(=O)CCNCCNCCNCCNCCC(N)=O. The van der Waals surface area contributed by atoms with E-state index in [9.17, 15) is 9.59 Å². The summed E-state index contributed by atoms with van der Waals surface area (Å²) in [5, 5.41) is 13.4. The highest BCUT2D eigenvalue weighted by Gasteiger charge is 2.12. The van der Waals surface area contributed by atoms with Crippen LogP contribution in [0.1, 0.15) is 129 Å². The number of carbonyl (C=O) groups excluding carboxylic acids is 2. The van der Waals surface area contributed by atoms with Gasteiger partial charge in [-0.25, -0.2) is 0 Å². The first-order valence-electron chi connectivity index (χ1n) is 17.0. The average molecular weight is 569 g/mol. The highest BCUT2D eigenvalue weighted by atomic mass is 16.2. The number of nitrogens with one attached hydrogen (secondary N) is 4. The molecule has 0 unspecified atom stereocenters. The van der Waals surface area contributed by atoms with Gasteiger partial charge in [-0.2, -0.15) is 0 Å². The second kappa shape index (κ2) is 32.3. The maximum absolute atomic E-state index is 13.0. The lowest BCUT2D eigenvalue weighted by atomic mass is 10.1. The zero-order valence-corrected chi connectivity index (χ0v) is 26.6. The van der Waals surface area contributed by atoms with Crippen molar-refractivity contribution in [2.24, 2.45) is 5.73 Å². The Morgan fingerprint density at radius 1 is 0.475 bits per heavy atom. The van der Waals surface area contributed by atoms with Gasteiger partial charge in [0.1, 0.15) is 0 Å². The number of amides is 2. The van der Waals surface area contributed by atoms with Gasteiger partial charge in [0.25, 0.3) is 0 Å². The summed E-state index contributed by atoms with van der Waals surface area (Å²) in [5.41, 5.74) is 5.12. The molecule has 0 saturated carbocycles. The summed E-state index contributed by atoms with van der Waals surface area (Å²) in [6.45, 7) is 13.1. The molecule has 0 aliphatic heterocycles. The van der Waals surface area contributed by atoms with Crippen molar-refractivity contribution in [1.29, 1.82) is 0 Å². The Labute approximate surface area is 248 Å². The van der Waals surface area contributed by atoms with Crippen LogP contribution in [0.4, 0.5) is 0 Å². The van der Waals surface area contributed by atoms with Gasteiger partial charge in [-0.15, -0.1) is 0 Å². The molecule has 2 amide bonds. The molecule has 0 aromatic heterocycles. The Morgan fingerprint density at radius 2 is 0.800 bits per heavy atom. The van der Waals surface area contributed by atoms with Crippen LogP contribution in [-0.4, -0.2) is 82.2 Å². The van der Waals surface area contributed by atoms with Crippen molar-refractivity contribution in [3.8, 4) is 0 Å². The van der Waals surface area contributed by atoms with Crippen LogP contribution in [-0.2, 0) is 9.59 Å². The molecule has 0 saturated heterocycles. The van der Waals surface area contributed by atoms with Crippen LogP contribution in [0.15, 0.2) is 0 Å². The fourth-order valence-electron chi connectivity index (χ4n) is 4.83. The minimum Gasteiger partial charge on any atom is -0.370 e. The monoisotopic (exact) mass is 569 g/mol. The molecule has 8 heteroatoms. The van der Waals surface area contributed by atoms with E-state index in [1.807, 2.05) is 0 Å². The van der Waals surface area contributed by atoms with Crippen molar-refractivity contribution in [3.63, 3.8) is 0 Å². The van der Waals surface area contributed by atoms with E-state index in [1.54, 1.807) is 0 Å². The van der Waals surface area contributed by atoms with Crippen molar-refractivity contribution >= 4 is 11.8 Å². The zero-order chi connectivity index (χ0) is 29.4. The fourth-order valence-corrected chi connectivity index (χ4v) is 4.83. The lowest BCUT2D eigenvalue weighted by molar-refractivity contribution is -0.131. The highest BCUT2D eigenvalue weighted by molar-refractivity contribution is 5.76. The van der Waals surface area contributed by atoms with Crippen LogP contribution in [0.25, 0.3) is 0 Å². The van der Waals surface area contributed by atoms with Gasteiger partial charge in [0.2, 0.25) is 11.8 Å². The van der Waals surface area contributed by atoms with Gasteiger partial charge in [-0.1, -0.05) is 104 Å². The summed E-state index contributed by atoms with van der Waals surface area (Å²) < 4.78 is 0. The Balaban J connectivity index is 3.94. The van der Waals surface area contributed by atoms with Crippen molar-refractivity contribution in [2.45, 2.75) is 129 Å². The van der Waals surface area contributed by atoms with E-state index in [-0.39, 0.29) is 5.91 Å². The standard InChI is InChI=1S/C32H68N6O2/c1-3-5-7-9-11-13-15-17-29-38(30-18-16-14-12-10-8-6-4-2)32(40)20-22-35-24-26-37-28-27-36-25-23-34-21-19-31(33)39/h34-37H,3-30H2,1-2H3,(H2,33,39). The van der Waals surface area contributed by atoms with E-state index in [0.717, 1.165) is 71.7 Å². The summed E-state index contributed by atoms with van der Waals surface area (Å²) in [4.78, 5) is 25.8. The molecule has 238 valence electrons. The van der Waals surface area contributed by atoms with Crippen molar-refractivity contribution in [2.75, 3.05) is 65.4 Å². The normalized spacial score (nSPS) is 11.2. The van der Waals surface area contributed by atoms with Crippen LogP contribution in [0.5, 0.6) is 0 Å². The summed E-state index contributed by atoms with van der Waals surface area (Å²) in [5.74, 6) is 0.0533. The van der Waals surface area contributed by atoms with Crippen molar-refractivity contribution in [1.82, 2.24) is 26.2 Å². The number of hydrogen-bond donors (Lipinski definition) is 5. The van der Waals surface area contributed by atoms with Crippen molar-refractivity contribution < 1.29 is 9.59 Å². The maximum atomic E-state index is 13.0. The Bertz CT molecular complexity index is 529. The Hall–Kier alpha value is -1.22. The maximum Gasteiger partial charge on any atom is 0.223 e. The molecule has 0 heterocycles. The van der Waals surface area contributed by atoms with Crippen LogP contribution in [0.3, 0.4) is 0 Å². The van der Waals surface area contributed by atoms with Gasteiger partial charge in [0, 0.05) is 78.3 Å². The molecule has 0 bridgehead atoms. The Kier molecular flexibility index (Phi) is 31.3. The molecule has 0 aliphatic carbocycles. The van der Waals surface area contributed by atoms with Gasteiger partial charge in [-0.05, 0) is 12.8 Å². The van der Waals surface area contributed by atoms with E-state index >= 15 is 0 Å². The first kappa shape index (κ1) is 38.8. The first-order chi connectivity index (χ1) is 19.6. The summed E-state index contributed by atoms with van der Waals surface area (Å²) >= 11 is 0. The summed E-state index contributed by atoms with van der Waals surface area (Å²) in [6.07, 6.45) is 21.9. The molecule has 0 spiro atoms. The quantitative estimate of drug-likeness (QED) is 0.0733. The predicted octanol–water partition coefficient (Wildman–Crippen LogP) is 4.72. The Morgan fingerprint density at radius 3 is 1.18 bits per heavy atom. The third-order valence-corrected chi connectivity index (χ3v) is 7.42.